The molecule has 0 saturated carbocycles. The zero-order chi connectivity index (χ0) is 20.4. The van der Waals surface area contributed by atoms with E-state index in [1.165, 1.54) is 6.92 Å². The highest BCUT2D eigenvalue weighted by Crippen LogP contribution is 2.18. The summed E-state index contributed by atoms with van der Waals surface area (Å²) in [5.74, 6) is -0.605. The maximum Gasteiger partial charge on any atom is 0.344 e. The molecule has 0 spiro atoms. The average molecular weight is 383 g/mol. The van der Waals surface area contributed by atoms with Crippen LogP contribution in [0.3, 0.4) is 0 Å². The summed E-state index contributed by atoms with van der Waals surface area (Å²) in [6.45, 7) is 2.84. The molecule has 148 valence electrons. The predicted molar refractivity (Wildman–Crippen MR) is 105 cm³/mol. The Morgan fingerprint density at radius 1 is 0.964 bits per heavy atom. The SMILES string of the molecule is CCC[C@H](NC(=O)COC(=O)COc1ccc(C(C)=O)cc1)c1ccccc1. The van der Waals surface area contributed by atoms with Crippen molar-refractivity contribution in [1.29, 1.82) is 0 Å². The van der Waals surface area contributed by atoms with Crippen LogP contribution in [0.15, 0.2) is 54.6 Å². The molecule has 0 fully saturated rings. The number of carbonyl (C=O) groups excluding carboxylic acids is 3. The molecule has 0 aliphatic carbocycles. The molecule has 0 saturated heterocycles. The number of esters is 1. The fourth-order valence-corrected chi connectivity index (χ4v) is 2.65. The van der Waals surface area contributed by atoms with Gasteiger partial charge in [0.25, 0.3) is 5.91 Å². The number of hydrogen-bond acceptors (Lipinski definition) is 5. The van der Waals surface area contributed by atoms with Gasteiger partial charge in [-0.1, -0.05) is 43.7 Å². The molecule has 0 radical (unpaired) electrons. The number of benzene rings is 2. The Balaban J connectivity index is 1.76. The molecule has 0 bridgehead atoms. The van der Waals surface area contributed by atoms with Crippen LogP contribution in [0.5, 0.6) is 5.75 Å². The molecule has 2 aromatic rings. The molecular formula is C22H25NO5. The van der Waals surface area contributed by atoms with E-state index < -0.39 is 5.97 Å². The predicted octanol–water partition coefficient (Wildman–Crippen LogP) is 3.47. The third-order valence-corrected chi connectivity index (χ3v) is 4.10. The maximum absolute atomic E-state index is 12.1. The molecule has 0 aliphatic rings. The quantitative estimate of drug-likeness (QED) is 0.502. The number of rotatable bonds is 10. The van der Waals surface area contributed by atoms with E-state index in [4.69, 9.17) is 9.47 Å². The van der Waals surface area contributed by atoms with Crippen LogP contribution in [0.2, 0.25) is 0 Å². The van der Waals surface area contributed by atoms with Crippen LogP contribution in [0, 0.1) is 0 Å². The minimum absolute atomic E-state index is 0.0474. The van der Waals surface area contributed by atoms with Gasteiger partial charge < -0.3 is 14.8 Å². The van der Waals surface area contributed by atoms with E-state index in [0.29, 0.717) is 11.3 Å². The molecule has 0 unspecified atom stereocenters. The van der Waals surface area contributed by atoms with Crippen molar-refractivity contribution >= 4 is 17.7 Å². The number of nitrogens with one attached hydrogen (secondary N) is 1. The van der Waals surface area contributed by atoms with Crippen molar-refractivity contribution in [1.82, 2.24) is 5.32 Å². The lowest BCUT2D eigenvalue weighted by molar-refractivity contribution is -0.150. The Labute approximate surface area is 164 Å². The first-order chi connectivity index (χ1) is 13.5. The highest BCUT2D eigenvalue weighted by Gasteiger charge is 2.15. The molecule has 2 rings (SSSR count). The first-order valence-corrected chi connectivity index (χ1v) is 9.23. The lowest BCUT2D eigenvalue weighted by Crippen LogP contribution is -2.33. The lowest BCUT2D eigenvalue weighted by Gasteiger charge is -2.18. The third kappa shape index (κ3) is 6.87. The fourth-order valence-electron chi connectivity index (χ4n) is 2.65. The molecule has 28 heavy (non-hydrogen) atoms. The normalized spacial score (nSPS) is 11.4. The van der Waals surface area contributed by atoms with Gasteiger partial charge in [0.1, 0.15) is 5.75 Å². The molecule has 1 amide bonds. The summed E-state index contributed by atoms with van der Waals surface area (Å²) in [6, 6.07) is 16.0. The van der Waals surface area contributed by atoms with Gasteiger partial charge in [-0.15, -0.1) is 0 Å². The van der Waals surface area contributed by atoms with Crippen LogP contribution in [-0.4, -0.2) is 30.9 Å². The van der Waals surface area contributed by atoms with Crippen molar-refractivity contribution in [2.45, 2.75) is 32.7 Å². The van der Waals surface area contributed by atoms with Gasteiger partial charge in [-0.3, -0.25) is 9.59 Å². The molecule has 1 N–H and O–H groups in total. The molecule has 6 nitrogen and oxygen atoms in total. The Hall–Kier alpha value is -3.15. The van der Waals surface area contributed by atoms with Gasteiger partial charge in [0, 0.05) is 5.56 Å². The Bertz CT molecular complexity index is 786. The summed E-state index contributed by atoms with van der Waals surface area (Å²) in [6.07, 6.45) is 1.71. The van der Waals surface area contributed by atoms with Crippen LogP contribution in [-0.2, 0) is 14.3 Å². The molecule has 0 heterocycles. The monoisotopic (exact) mass is 383 g/mol. The van der Waals surface area contributed by atoms with Gasteiger partial charge in [0.05, 0.1) is 6.04 Å². The van der Waals surface area contributed by atoms with Crippen molar-refractivity contribution in [3.63, 3.8) is 0 Å². The van der Waals surface area contributed by atoms with Crippen molar-refractivity contribution in [2.24, 2.45) is 0 Å². The second kappa shape index (κ2) is 10.9. The van der Waals surface area contributed by atoms with Gasteiger partial charge in [-0.2, -0.15) is 0 Å². The number of Topliss-reactive ketones (excluding diaryl/α,β-unsaturated/α-hetero) is 1. The molecule has 6 heteroatoms. The number of amides is 1. The maximum atomic E-state index is 12.1. The van der Waals surface area contributed by atoms with Crippen LogP contribution in [0.25, 0.3) is 0 Å². The van der Waals surface area contributed by atoms with Crippen molar-refractivity contribution in [2.75, 3.05) is 13.2 Å². The number of carbonyl (C=O) groups is 3. The Morgan fingerprint density at radius 3 is 2.25 bits per heavy atom. The zero-order valence-corrected chi connectivity index (χ0v) is 16.1. The topological polar surface area (TPSA) is 81.7 Å². The van der Waals surface area contributed by atoms with Gasteiger partial charge >= 0.3 is 5.97 Å². The first kappa shape index (κ1) is 21.2. The smallest absolute Gasteiger partial charge is 0.344 e. The second-order valence-corrected chi connectivity index (χ2v) is 6.35. The van der Waals surface area contributed by atoms with E-state index in [0.717, 1.165) is 18.4 Å². The minimum atomic E-state index is -0.641. The molecule has 2 aromatic carbocycles. The van der Waals surface area contributed by atoms with Crippen LogP contribution in [0.4, 0.5) is 0 Å². The van der Waals surface area contributed by atoms with E-state index in [9.17, 15) is 14.4 Å². The zero-order valence-electron chi connectivity index (χ0n) is 16.1. The lowest BCUT2D eigenvalue weighted by atomic mass is 10.0. The Kier molecular flexibility index (Phi) is 8.21. The third-order valence-electron chi connectivity index (χ3n) is 4.10. The summed E-state index contributed by atoms with van der Waals surface area (Å²) < 4.78 is 10.3. The van der Waals surface area contributed by atoms with Gasteiger partial charge in [0.2, 0.25) is 0 Å². The van der Waals surface area contributed by atoms with Crippen molar-refractivity contribution < 1.29 is 23.9 Å². The second-order valence-electron chi connectivity index (χ2n) is 6.35. The fraction of sp³-hybridized carbons (Fsp3) is 0.318. The van der Waals surface area contributed by atoms with Gasteiger partial charge in [0.15, 0.2) is 19.0 Å². The molecular weight excluding hydrogens is 358 g/mol. The van der Waals surface area contributed by atoms with E-state index in [2.05, 4.69) is 5.32 Å². The molecule has 0 aliphatic heterocycles. The van der Waals surface area contributed by atoms with Crippen molar-refractivity contribution in [3.8, 4) is 5.75 Å². The van der Waals surface area contributed by atoms with Crippen LogP contribution >= 0.6 is 0 Å². The average Bonchev–Trinajstić information content (AvgIpc) is 2.71. The van der Waals surface area contributed by atoms with E-state index >= 15 is 0 Å². The Morgan fingerprint density at radius 2 is 1.64 bits per heavy atom. The highest BCUT2D eigenvalue weighted by molar-refractivity contribution is 5.94. The van der Waals surface area contributed by atoms with Gasteiger partial charge in [-0.25, -0.2) is 4.79 Å². The van der Waals surface area contributed by atoms with Crippen LogP contribution in [0.1, 0.15) is 48.7 Å². The van der Waals surface area contributed by atoms with E-state index in [1.807, 2.05) is 37.3 Å². The van der Waals surface area contributed by atoms with Crippen LogP contribution < -0.4 is 10.1 Å². The van der Waals surface area contributed by atoms with E-state index in [1.54, 1.807) is 24.3 Å². The summed E-state index contributed by atoms with van der Waals surface area (Å²) in [5.41, 5.74) is 1.58. The highest BCUT2D eigenvalue weighted by atomic mass is 16.6. The molecule has 0 aromatic heterocycles. The van der Waals surface area contributed by atoms with E-state index in [-0.39, 0.29) is 30.9 Å². The summed E-state index contributed by atoms with van der Waals surface area (Å²) >= 11 is 0. The number of ether oxygens (including phenoxy) is 2. The van der Waals surface area contributed by atoms with Gasteiger partial charge in [-0.05, 0) is 43.2 Å². The molecule has 1 atom stereocenters. The number of ketones is 1. The minimum Gasteiger partial charge on any atom is -0.482 e. The largest absolute Gasteiger partial charge is 0.482 e. The first-order valence-electron chi connectivity index (χ1n) is 9.23. The summed E-state index contributed by atoms with van der Waals surface area (Å²) in [7, 11) is 0. The summed E-state index contributed by atoms with van der Waals surface area (Å²) in [5, 5.41) is 2.89. The standard InChI is InChI=1S/C22H25NO5/c1-3-7-20(18-8-5-4-6-9-18)23-21(25)14-28-22(26)15-27-19-12-10-17(11-13-19)16(2)24/h4-6,8-13,20H,3,7,14-15H2,1-2H3,(H,23,25)/t20-/m0/s1. The number of hydrogen-bond donors (Lipinski definition) is 1. The summed E-state index contributed by atoms with van der Waals surface area (Å²) in [4.78, 5) is 35.1. The van der Waals surface area contributed by atoms with Crippen molar-refractivity contribution in [3.05, 3.63) is 65.7 Å².